The Balaban J connectivity index is 0.00000137. The van der Waals surface area contributed by atoms with Gasteiger partial charge in [-0.3, -0.25) is 4.99 Å². The van der Waals surface area contributed by atoms with Gasteiger partial charge in [0.15, 0.2) is 0 Å². The summed E-state index contributed by atoms with van der Waals surface area (Å²) in [5.41, 5.74) is 1.62. The third-order valence-corrected chi connectivity index (χ3v) is 2.10. The zero-order valence-corrected chi connectivity index (χ0v) is 11.8. The van der Waals surface area contributed by atoms with Gasteiger partial charge in [-0.05, 0) is 31.5 Å². The molecule has 18 heavy (non-hydrogen) atoms. The molecule has 0 saturated carbocycles. The van der Waals surface area contributed by atoms with Gasteiger partial charge in [0.05, 0.1) is 0 Å². The van der Waals surface area contributed by atoms with Crippen molar-refractivity contribution in [3.63, 3.8) is 0 Å². The Morgan fingerprint density at radius 2 is 2.00 bits per heavy atom. The number of hydrogen-bond donors (Lipinski definition) is 1. The van der Waals surface area contributed by atoms with Crippen molar-refractivity contribution in [2.24, 2.45) is 9.98 Å². The van der Waals surface area contributed by atoms with E-state index >= 15 is 0 Å². The van der Waals surface area contributed by atoms with Crippen LogP contribution < -0.4 is 5.32 Å². The van der Waals surface area contributed by atoms with Gasteiger partial charge in [-0.2, -0.15) is 0 Å². The van der Waals surface area contributed by atoms with Gasteiger partial charge in [-0.1, -0.05) is 26.8 Å². The van der Waals surface area contributed by atoms with Crippen molar-refractivity contribution >= 4 is 17.4 Å². The lowest BCUT2D eigenvalue weighted by molar-refractivity contribution is 0.628. The lowest BCUT2D eigenvalue weighted by Gasteiger charge is -2.05. The summed E-state index contributed by atoms with van der Waals surface area (Å²) in [7, 11) is 1.65. The van der Waals surface area contributed by atoms with Crippen LogP contribution in [0, 0.1) is 5.82 Å². The van der Waals surface area contributed by atoms with Crippen LogP contribution in [0.2, 0.25) is 0 Å². The zero-order valence-electron chi connectivity index (χ0n) is 11.8. The van der Waals surface area contributed by atoms with Crippen LogP contribution >= 0.6 is 0 Å². The van der Waals surface area contributed by atoms with Gasteiger partial charge in [0, 0.05) is 18.4 Å². The monoisotopic (exact) mass is 251 g/mol. The normalized spacial score (nSPS) is 11.7. The third kappa shape index (κ3) is 6.13. The molecule has 4 heteroatoms. The molecule has 0 spiro atoms. The van der Waals surface area contributed by atoms with Crippen LogP contribution in [0.25, 0.3) is 0 Å². The van der Waals surface area contributed by atoms with E-state index in [1.165, 1.54) is 12.1 Å². The third-order valence-electron chi connectivity index (χ3n) is 2.10. The molecule has 0 aromatic heterocycles. The molecule has 0 aliphatic carbocycles. The fourth-order valence-corrected chi connectivity index (χ4v) is 1.09. The first kappa shape index (κ1) is 16.3. The average molecular weight is 251 g/mol. The minimum atomic E-state index is -0.281. The second-order valence-electron chi connectivity index (χ2n) is 3.38. The van der Waals surface area contributed by atoms with Crippen LogP contribution in [0.5, 0.6) is 0 Å². The number of rotatable bonds is 2. The Bertz CT molecular complexity index is 411. The summed E-state index contributed by atoms with van der Waals surface area (Å²) in [6.07, 6.45) is 0.865. The summed E-state index contributed by atoms with van der Waals surface area (Å²) >= 11 is 0. The zero-order chi connectivity index (χ0) is 14.0. The molecule has 0 amide bonds. The standard InChI is InChI=1S/C12H16FN3.C2H6/c1-4-9(2)15-12(14-3)16-11-7-5-6-10(13)8-11;1-2/h5-8H,4H2,1-3H3,(H,14,16);1-2H3/b15-9-;. The molecule has 3 nitrogen and oxygen atoms in total. The Kier molecular flexibility index (Phi) is 8.45. The predicted octanol–water partition coefficient (Wildman–Crippen LogP) is 4.12. The van der Waals surface area contributed by atoms with Crippen LogP contribution in [0.15, 0.2) is 34.3 Å². The number of hydrogen-bond acceptors (Lipinski definition) is 1. The van der Waals surface area contributed by atoms with Crippen molar-refractivity contribution in [2.75, 3.05) is 12.4 Å². The number of benzene rings is 1. The summed E-state index contributed by atoms with van der Waals surface area (Å²) in [5, 5.41) is 2.96. The highest BCUT2D eigenvalue weighted by atomic mass is 19.1. The lowest BCUT2D eigenvalue weighted by Crippen LogP contribution is -2.11. The SMILES string of the molecule is CC.CC/C(C)=N\C(=NC)Nc1cccc(F)c1. The number of aliphatic imine (C=N–C) groups is 2. The van der Waals surface area contributed by atoms with Crippen molar-refractivity contribution in [3.05, 3.63) is 30.1 Å². The van der Waals surface area contributed by atoms with Crippen molar-refractivity contribution in [1.82, 2.24) is 0 Å². The summed E-state index contributed by atoms with van der Waals surface area (Å²) in [4.78, 5) is 8.27. The Hall–Kier alpha value is -1.71. The number of halogens is 1. The van der Waals surface area contributed by atoms with Crippen molar-refractivity contribution in [1.29, 1.82) is 0 Å². The van der Waals surface area contributed by atoms with E-state index in [2.05, 4.69) is 15.3 Å². The first-order chi connectivity index (χ1) is 8.65. The molecule has 0 aliphatic rings. The molecule has 1 N–H and O–H groups in total. The van der Waals surface area contributed by atoms with Gasteiger partial charge < -0.3 is 5.32 Å². The number of guanidine groups is 1. The fourth-order valence-electron chi connectivity index (χ4n) is 1.09. The summed E-state index contributed by atoms with van der Waals surface area (Å²) in [6, 6.07) is 6.21. The first-order valence-corrected chi connectivity index (χ1v) is 6.19. The average Bonchev–Trinajstić information content (AvgIpc) is 2.40. The summed E-state index contributed by atoms with van der Waals surface area (Å²) < 4.78 is 12.9. The van der Waals surface area contributed by atoms with Gasteiger partial charge in [0.1, 0.15) is 5.82 Å². The Morgan fingerprint density at radius 1 is 1.33 bits per heavy atom. The second kappa shape index (κ2) is 9.33. The molecule has 0 heterocycles. The van der Waals surface area contributed by atoms with Crippen LogP contribution in [-0.2, 0) is 0 Å². The molecule has 100 valence electrons. The van der Waals surface area contributed by atoms with Crippen molar-refractivity contribution in [2.45, 2.75) is 34.1 Å². The van der Waals surface area contributed by atoms with Gasteiger partial charge >= 0.3 is 0 Å². The quantitative estimate of drug-likeness (QED) is 0.623. The lowest BCUT2D eigenvalue weighted by atomic mass is 10.3. The van der Waals surface area contributed by atoms with E-state index in [0.717, 1.165) is 12.1 Å². The topological polar surface area (TPSA) is 36.8 Å². The van der Waals surface area contributed by atoms with Crippen LogP contribution in [0.1, 0.15) is 34.1 Å². The van der Waals surface area contributed by atoms with Crippen LogP contribution in [0.4, 0.5) is 10.1 Å². The summed E-state index contributed by atoms with van der Waals surface area (Å²) in [6.45, 7) is 7.95. The van der Waals surface area contributed by atoms with E-state index in [-0.39, 0.29) is 5.82 Å². The maximum atomic E-state index is 12.9. The molecule has 0 aliphatic heterocycles. The van der Waals surface area contributed by atoms with E-state index in [1.807, 2.05) is 27.7 Å². The molecular formula is C14H22FN3. The molecule has 0 radical (unpaired) electrons. The van der Waals surface area contributed by atoms with Gasteiger partial charge in [-0.25, -0.2) is 9.38 Å². The van der Waals surface area contributed by atoms with Crippen LogP contribution in [0.3, 0.4) is 0 Å². The molecular weight excluding hydrogens is 229 g/mol. The van der Waals surface area contributed by atoms with E-state index in [0.29, 0.717) is 11.6 Å². The highest BCUT2D eigenvalue weighted by Crippen LogP contribution is 2.09. The molecule has 0 bridgehead atoms. The van der Waals surface area contributed by atoms with Crippen molar-refractivity contribution in [3.8, 4) is 0 Å². The molecule has 0 fully saturated rings. The second-order valence-corrected chi connectivity index (χ2v) is 3.38. The first-order valence-electron chi connectivity index (χ1n) is 6.19. The fraction of sp³-hybridized carbons (Fsp3) is 0.429. The minimum absolute atomic E-state index is 0.281. The molecule has 0 saturated heterocycles. The maximum absolute atomic E-state index is 12.9. The Labute approximate surface area is 109 Å². The molecule has 1 aromatic carbocycles. The largest absolute Gasteiger partial charge is 0.324 e. The van der Waals surface area contributed by atoms with Gasteiger partial charge in [0.2, 0.25) is 5.96 Å². The maximum Gasteiger partial charge on any atom is 0.222 e. The molecule has 1 rings (SSSR count). The highest BCUT2D eigenvalue weighted by Gasteiger charge is 1.99. The van der Waals surface area contributed by atoms with E-state index in [1.54, 1.807) is 19.2 Å². The minimum Gasteiger partial charge on any atom is -0.324 e. The molecule has 0 unspecified atom stereocenters. The van der Waals surface area contributed by atoms with Crippen molar-refractivity contribution < 1.29 is 4.39 Å². The van der Waals surface area contributed by atoms with Gasteiger partial charge in [0.25, 0.3) is 0 Å². The number of nitrogens with one attached hydrogen (secondary N) is 1. The van der Waals surface area contributed by atoms with Crippen LogP contribution in [-0.4, -0.2) is 18.7 Å². The van der Waals surface area contributed by atoms with E-state index in [4.69, 9.17) is 0 Å². The smallest absolute Gasteiger partial charge is 0.222 e. The summed E-state index contributed by atoms with van der Waals surface area (Å²) in [5.74, 6) is 0.210. The highest BCUT2D eigenvalue weighted by molar-refractivity contribution is 6.02. The van der Waals surface area contributed by atoms with E-state index in [9.17, 15) is 4.39 Å². The predicted molar refractivity (Wildman–Crippen MR) is 78.1 cm³/mol. The Morgan fingerprint density at radius 3 is 2.50 bits per heavy atom. The van der Waals surface area contributed by atoms with E-state index < -0.39 is 0 Å². The number of nitrogens with zero attached hydrogens (tertiary/aromatic N) is 2. The van der Waals surface area contributed by atoms with Gasteiger partial charge in [-0.15, -0.1) is 0 Å². The molecule has 0 atom stereocenters. The molecule has 1 aromatic rings. The number of anilines is 1.